The SMILES string of the molecule is CN=[S@](=O)(C[C@]1(O)CCC[C@]12C=CCO2)c1ccccc1. The highest BCUT2D eigenvalue weighted by Crippen LogP contribution is 2.46. The van der Waals surface area contributed by atoms with Crippen LogP contribution in [0.5, 0.6) is 0 Å². The Balaban J connectivity index is 1.98. The average Bonchev–Trinajstić information content (AvgIpc) is 3.09. The molecule has 3 atom stereocenters. The van der Waals surface area contributed by atoms with E-state index in [9.17, 15) is 9.32 Å². The standard InChI is InChI=1S/C16H21NO3S/c1-17-21(19,14-7-3-2-4-8-14)13-15(18)9-5-10-16(15)11-6-12-20-16/h2-4,6-8,11,18H,5,9-10,12-13H2,1H3/t15-,16+,21+/m1/s1. The molecular formula is C16H21NO3S. The van der Waals surface area contributed by atoms with E-state index in [2.05, 4.69) is 4.36 Å². The van der Waals surface area contributed by atoms with Crippen molar-refractivity contribution in [2.75, 3.05) is 19.4 Å². The molecule has 2 aliphatic rings. The first-order valence-electron chi connectivity index (χ1n) is 7.26. The van der Waals surface area contributed by atoms with Crippen LogP contribution in [0.15, 0.2) is 51.7 Å². The van der Waals surface area contributed by atoms with Gasteiger partial charge in [-0.25, -0.2) is 8.57 Å². The number of rotatable bonds is 3. The van der Waals surface area contributed by atoms with Gasteiger partial charge in [0.25, 0.3) is 0 Å². The minimum absolute atomic E-state index is 0.116. The molecule has 1 aromatic carbocycles. The maximum absolute atomic E-state index is 13.3. The average molecular weight is 307 g/mol. The lowest BCUT2D eigenvalue weighted by molar-refractivity contribution is -0.109. The molecule has 1 aliphatic carbocycles. The molecule has 1 aromatic rings. The van der Waals surface area contributed by atoms with Crippen molar-refractivity contribution in [3.05, 3.63) is 42.5 Å². The van der Waals surface area contributed by atoms with Crippen molar-refractivity contribution >= 4 is 9.73 Å². The smallest absolute Gasteiger partial charge is 0.116 e. The molecule has 114 valence electrons. The van der Waals surface area contributed by atoms with Crippen molar-refractivity contribution in [3.63, 3.8) is 0 Å². The van der Waals surface area contributed by atoms with E-state index in [-0.39, 0.29) is 5.75 Å². The van der Waals surface area contributed by atoms with Gasteiger partial charge in [0.2, 0.25) is 0 Å². The molecule has 0 saturated heterocycles. The molecule has 0 radical (unpaired) electrons. The van der Waals surface area contributed by atoms with Crippen LogP contribution in [0.2, 0.25) is 0 Å². The highest BCUT2D eigenvalue weighted by atomic mass is 32.2. The zero-order chi connectivity index (χ0) is 15.0. The molecule has 1 fully saturated rings. The fraction of sp³-hybridized carbons (Fsp3) is 0.500. The molecule has 5 heteroatoms. The normalized spacial score (nSPS) is 34.2. The van der Waals surface area contributed by atoms with E-state index in [0.29, 0.717) is 17.9 Å². The molecule has 3 rings (SSSR count). The maximum atomic E-state index is 13.3. The molecule has 1 heterocycles. The summed E-state index contributed by atoms with van der Waals surface area (Å²) in [5, 5.41) is 11.2. The first-order valence-corrected chi connectivity index (χ1v) is 8.94. The van der Waals surface area contributed by atoms with E-state index in [4.69, 9.17) is 4.74 Å². The van der Waals surface area contributed by atoms with Crippen LogP contribution in [0.1, 0.15) is 19.3 Å². The Kier molecular flexibility index (Phi) is 3.67. The molecule has 4 nitrogen and oxygen atoms in total. The second-order valence-corrected chi connectivity index (χ2v) is 8.17. The largest absolute Gasteiger partial charge is 0.386 e. The van der Waals surface area contributed by atoms with E-state index >= 15 is 0 Å². The Morgan fingerprint density at radius 2 is 2.10 bits per heavy atom. The van der Waals surface area contributed by atoms with Crippen LogP contribution in [-0.4, -0.2) is 39.9 Å². The van der Waals surface area contributed by atoms with E-state index in [1.54, 1.807) is 7.05 Å². The monoisotopic (exact) mass is 307 g/mol. The third kappa shape index (κ3) is 2.33. The van der Waals surface area contributed by atoms with Crippen molar-refractivity contribution in [3.8, 4) is 0 Å². The van der Waals surface area contributed by atoms with Crippen LogP contribution in [0, 0.1) is 0 Å². The van der Waals surface area contributed by atoms with Crippen molar-refractivity contribution in [2.24, 2.45) is 4.36 Å². The summed E-state index contributed by atoms with van der Waals surface area (Å²) in [6, 6.07) is 9.20. The van der Waals surface area contributed by atoms with Gasteiger partial charge in [-0.2, -0.15) is 0 Å². The molecule has 1 aliphatic heterocycles. The summed E-state index contributed by atoms with van der Waals surface area (Å²) >= 11 is 0. The molecule has 1 spiro atoms. The Labute approximate surface area is 126 Å². The zero-order valence-electron chi connectivity index (χ0n) is 12.2. The van der Waals surface area contributed by atoms with E-state index in [1.165, 1.54) is 0 Å². The number of ether oxygens (including phenoxy) is 1. The van der Waals surface area contributed by atoms with Crippen LogP contribution >= 0.6 is 0 Å². The molecule has 0 aromatic heterocycles. The van der Waals surface area contributed by atoms with Crippen LogP contribution in [0.4, 0.5) is 0 Å². The Morgan fingerprint density at radius 3 is 2.71 bits per heavy atom. The van der Waals surface area contributed by atoms with Gasteiger partial charge in [-0.3, -0.25) is 0 Å². The summed E-state index contributed by atoms with van der Waals surface area (Å²) in [7, 11) is -1.09. The lowest BCUT2D eigenvalue weighted by Gasteiger charge is -2.38. The number of hydrogen-bond donors (Lipinski definition) is 1. The predicted octanol–water partition coefficient (Wildman–Crippen LogP) is 2.38. The minimum atomic E-state index is -2.65. The molecule has 0 amide bonds. The lowest BCUT2D eigenvalue weighted by atomic mass is 9.88. The first kappa shape index (κ1) is 14.8. The fourth-order valence-corrected chi connectivity index (χ4v) is 5.55. The van der Waals surface area contributed by atoms with Gasteiger partial charge in [-0.05, 0) is 31.4 Å². The number of benzene rings is 1. The van der Waals surface area contributed by atoms with Crippen molar-refractivity contribution in [1.82, 2.24) is 0 Å². The predicted molar refractivity (Wildman–Crippen MR) is 82.7 cm³/mol. The van der Waals surface area contributed by atoms with Crippen LogP contribution < -0.4 is 0 Å². The van der Waals surface area contributed by atoms with Crippen LogP contribution in [-0.2, 0) is 14.5 Å². The Morgan fingerprint density at radius 1 is 1.33 bits per heavy atom. The quantitative estimate of drug-likeness (QED) is 0.872. The van der Waals surface area contributed by atoms with E-state index < -0.39 is 20.9 Å². The molecule has 1 saturated carbocycles. The van der Waals surface area contributed by atoms with E-state index in [0.717, 1.165) is 12.8 Å². The summed E-state index contributed by atoms with van der Waals surface area (Å²) < 4.78 is 23.2. The van der Waals surface area contributed by atoms with Crippen molar-refractivity contribution < 1.29 is 14.1 Å². The Bertz CT molecular complexity index is 663. The van der Waals surface area contributed by atoms with Gasteiger partial charge in [0.1, 0.15) is 11.2 Å². The molecule has 21 heavy (non-hydrogen) atoms. The summed E-state index contributed by atoms with van der Waals surface area (Å²) in [5.41, 5.74) is -1.80. The second kappa shape index (κ2) is 5.23. The fourth-order valence-electron chi connectivity index (χ4n) is 3.42. The van der Waals surface area contributed by atoms with Crippen LogP contribution in [0.3, 0.4) is 0 Å². The second-order valence-electron chi connectivity index (χ2n) is 5.77. The summed E-state index contributed by atoms with van der Waals surface area (Å²) in [5.74, 6) is 0.116. The number of hydrogen-bond acceptors (Lipinski definition) is 4. The lowest BCUT2D eigenvalue weighted by Crippen LogP contribution is -2.53. The third-order valence-electron chi connectivity index (χ3n) is 4.59. The molecule has 1 N–H and O–H groups in total. The van der Waals surface area contributed by atoms with Gasteiger partial charge < -0.3 is 9.84 Å². The van der Waals surface area contributed by atoms with Crippen molar-refractivity contribution in [1.29, 1.82) is 0 Å². The topological polar surface area (TPSA) is 58.9 Å². The highest BCUT2D eigenvalue weighted by Gasteiger charge is 2.56. The van der Waals surface area contributed by atoms with Gasteiger partial charge >= 0.3 is 0 Å². The zero-order valence-corrected chi connectivity index (χ0v) is 13.0. The summed E-state index contributed by atoms with van der Waals surface area (Å²) in [6.07, 6.45) is 6.11. The summed E-state index contributed by atoms with van der Waals surface area (Å²) in [6.45, 7) is 0.512. The minimum Gasteiger partial charge on any atom is -0.386 e. The van der Waals surface area contributed by atoms with E-state index in [1.807, 2.05) is 42.5 Å². The number of aliphatic hydroxyl groups is 1. The first-order chi connectivity index (χ1) is 10.0. The molecule has 0 bridgehead atoms. The maximum Gasteiger partial charge on any atom is 0.116 e. The molecular weight excluding hydrogens is 286 g/mol. The number of nitrogens with zero attached hydrogens (tertiary/aromatic N) is 1. The summed E-state index contributed by atoms with van der Waals surface area (Å²) in [4.78, 5) is 0.671. The van der Waals surface area contributed by atoms with Gasteiger partial charge in [-0.1, -0.05) is 30.4 Å². The van der Waals surface area contributed by atoms with Crippen LogP contribution in [0.25, 0.3) is 0 Å². The van der Waals surface area contributed by atoms with Gasteiger partial charge in [-0.15, -0.1) is 0 Å². The molecule has 0 unspecified atom stereocenters. The third-order valence-corrected chi connectivity index (χ3v) is 7.06. The highest BCUT2D eigenvalue weighted by molar-refractivity contribution is 7.93. The van der Waals surface area contributed by atoms with Gasteiger partial charge in [0.15, 0.2) is 0 Å². The Hall–Kier alpha value is -1.17. The van der Waals surface area contributed by atoms with Gasteiger partial charge in [0.05, 0.1) is 22.1 Å². The van der Waals surface area contributed by atoms with Gasteiger partial charge in [0, 0.05) is 11.9 Å². The van der Waals surface area contributed by atoms with Crippen molar-refractivity contribution in [2.45, 2.75) is 35.4 Å².